The van der Waals surface area contributed by atoms with Crippen molar-refractivity contribution < 1.29 is 26.0 Å². The molecule has 0 unspecified atom stereocenters. The zero-order valence-corrected chi connectivity index (χ0v) is 11.5. The molecule has 2 rings (SSSR count). The van der Waals surface area contributed by atoms with E-state index in [0.29, 0.717) is 0 Å². The van der Waals surface area contributed by atoms with Crippen LogP contribution < -0.4 is 10.3 Å². The average molecular weight is 339 g/mol. The van der Waals surface area contributed by atoms with Gasteiger partial charge in [-0.25, -0.2) is 26.9 Å². The van der Waals surface area contributed by atoms with Crippen molar-refractivity contribution in [2.24, 2.45) is 0 Å². The average Bonchev–Trinajstić information content (AvgIpc) is 2.44. The number of alkyl halides is 4. The maximum absolute atomic E-state index is 12.8. The summed E-state index contributed by atoms with van der Waals surface area (Å²) in [5.74, 6) is -4.48. The van der Waals surface area contributed by atoms with Crippen LogP contribution in [-0.4, -0.2) is 37.3 Å². The molecular formula is C11H9F4N3O3S. The Balaban J connectivity index is 2.30. The van der Waals surface area contributed by atoms with E-state index >= 15 is 0 Å². The minimum absolute atomic E-state index is 0.100. The van der Waals surface area contributed by atoms with Crippen LogP contribution in [0.2, 0.25) is 0 Å². The Morgan fingerprint density at radius 1 is 1.32 bits per heavy atom. The molecule has 0 aliphatic heterocycles. The van der Waals surface area contributed by atoms with E-state index in [1.54, 1.807) is 0 Å². The van der Waals surface area contributed by atoms with Crippen molar-refractivity contribution in [1.29, 1.82) is 0 Å². The van der Waals surface area contributed by atoms with Crippen LogP contribution in [0.5, 0.6) is 0 Å². The molecule has 0 bridgehead atoms. The first-order chi connectivity index (χ1) is 10.1. The van der Waals surface area contributed by atoms with Gasteiger partial charge in [-0.05, 0) is 18.2 Å². The van der Waals surface area contributed by atoms with Crippen LogP contribution in [0.25, 0.3) is 11.0 Å². The molecule has 2 N–H and O–H groups in total. The Morgan fingerprint density at radius 3 is 2.64 bits per heavy atom. The molecule has 11 heteroatoms. The van der Waals surface area contributed by atoms with Gasteiger partial charge in [0.25, 0.3) is 5.56 Å². The summed E-state index contributed by atoms with van der Waals surface area (Å²) in [6.45, 7) is -1.73. The third-order valence-corrected chi connectivity index (χ3v) is 4.07. The molecule has 0 aliphatic rings. The number of nitrogens with one attached hydrogen (secondary N) is 2. The summed E-state index contributed by atoms with van der Waals surface area (Å²) < 4.78 is 74.6. The van der Waals surface area contributed by atoms with Gasteiger partial charge < -0.3 is 4.98 Å². The molecule has 0 spiro atoms. The summed E-state index contributed by atoms with van der Waals surface area (Å²) in [5, 5.41) is 0. The summed E-state index contributed by atoms with van der Waals surface area (Å²) in [4.78, 5) is 16.7. The number of fused-ring (bicyclic) bond motifs is 1. The van der Waals surface area contributed by atoms with Gasteiger partial charge in [0.2, 0.25) is 10.0 Å². The lowest BCUT2D eigenvalue weighted by Gasteiger charge is -2.16. The van der Waals surface area contributed by atoms with Crippen molar-refractivity contribution in [3.8, 4) is 0 Å². The highest BCUT2D eigenvalue weighted by molar-refractivity contribution is 7.89. The maximum atomic E-state index is 12.8. The summed E-state index contributed by atoms with van der Waals surface area (Å²) in [6.07, 6.45) is -3.07. The van der Waals surface area contributed by atoms with Crippen LogP contribution in [0.1, 0.15) is 0 Å². The molecule has 1 aromatic carbocycles. The number of aromatic amines is 1. The van der Waals surface area contributed by atoms with E-state index in [9.17, 15) is 30.8 Å². The molecule has 0 radical (unpaired) electrons. The topological polar surface area (TPSA) is 91.9 Å². The zero-order chi connectivity index (χ0) is 16.5. The predicted molar refractivity (Wildman–Crippen MR) is 68.5 cm³/mol. The third kappa shape index (κ3) is 3.42. The van der Waals surface area contributed by atoms with Crippen LogP contribution in [-0.2, 0) is 10.0 Å². The maximum Gasteiger partial charge on any atom is 0.320 e. The fourth-order valence-corrected chi connectivity index (χ4v) is 2.60. The van der Waals surface area contributed by atoms with Crippen LogP contribution >= 0.6 is 0 Å². The second-order valence-corrected chi connectivity index (χ2v) is 6.08. The van der Waals surface area contributed by atoms with Gasteiger partial charge in [-0.3, -0.25) is 4.79 Å². The third-order valence-electron chi connectivity index (χ3n) is 2.68. The normalized spacial score (nSPS) is 13.0. The Morgan fingerprint density at radius 2 is 2.00 bits per heavy atom. The summed E-state index contributed by atoms with van der Waals surface area (Å²) in [7, 11) is -4.42. The number of aromatic nitrogens is 2. The number of H-pyrrole nitrogens is 1. The predicted octanol–water partition coefficient (Wildman–Crippen LogP) is 1.10. The molecule has 22 heavy (non-hydrogen) atoms. The van der Waals surface area contributed by atoms with E-state index < -0.39 is 39.4 Å². The van der Waals surface area contributed by atoms with Gasteiger partial charge in [0.1, 0.15) is 0 Å². The Labute approximate surface area is 121 Å². The quantitative estimate of drug-likeness (QED) is 0.798. The molecule has 1 aromatic heterocycles. The molecule has 0 amide bonds. The van der Waals surface area contributed by atoms with Crippen molar-refractivity contribution in [1.82, 2.24) is 14.7 Å². The van der Waals surface area contributed by atoms with E-state index in [0.717, 1.165) is 18.3 Å². The van der Waals surface area contributed by atoms with Crippen LogP contribution in [0.15, 0.2) is 34.1 Å². The van der Waals surface area contributed by atoms with E-state index in [-0.39, 0.29) is 11.0 Å². The Kier molecular flexibility index (Phi) is 4.20. The molecule has 1 heterocycles. The fraction of sp³-hybridized carbons (Fsp3) is 0.273. The first-order valence-corrected chi connectivity index (χ1v) is 7.25. The van der Waals surface area contributed by atoms with Gasteiger partial charge in [-0.2, -0.15) is 8.78 Å². The first kappa shape index (κ1) is 16.4. The molecule has 0 atom stereocenters. The number of hydrogen-bond donors (Lipinski definition) is 2. The van der Waals surface area contributed by atoms with Crippen molar-refractivity contribution in [3.63, 3.8) is 0 Å². The van der Waals surface area contributed by atoms with Gasteiger partial charge in [-0.1, -0.05) is 0 Å². The van der Waals surface area contributed by atoms with Gasteiger partial charge in [-0.15, -0.1) is 0 Å². The van der Waals surface area contributed by atoms with Gasteiger partial charge >= 0.3 is 12.3 Å². The van der Waals surface area contributed by atoms with E-state index in [4.69, 9.17) is 0 Å². The molecule has 0 aliphatic carbocycles. The smallest absolute Gasteiger partial charge is 0.319 e. The standard InChI is InChI=1S/C11H9F4N3O3S/c12-10(13)11(14,15)5-17-22(20,21)6-1-2-7-8(3-6)16-4-9(19)18-7/h1-4,10,17H,5H2,(H,18,19). The van der Waals surface area contributed by atoms with Gasteiger partial charge in [0, 0.05) is 0 Å². The highest BCUT2D eigenvalue weighted by Gasteiger charge is 2.41. The molecule has 0 fully saturated rings. The second-order valence-electron chi connectivity index (χ2n) is 4.31. The lowest BCUT2D eigenvalue weighted by Crippen LogP contribution is -2.41. The van der Waals surface area contributed by atoms with Crippen LogP contribution in [0.3, 0.4) is 0 Å². The second kappa shape index (κ2) is 5.65. The minimum Gasteiger partial charge on any atom is -0.319 e. The number of benzene rings is 1. The molecule has 0 saturated carbocycles. The summed E-state index contributed by atoms with van der Waals surface area (Å²) >= 11 is 0. The highest BCUT2D eigenvalue weighted by Crippen LogP contribution is 2.22. The molecule has 2 aromatic rings. The number of sulfonamides is 1. The van der Waals surface area contributed by atoms with Crippen molar-refractivity contribution >= 4 is 21.1 Å². The fourth-order valence-electron chi connectivity index (χ4n) is 1.54. The highest BCUT2D eigenvalue weighted by atomic mass is 32.2. The van der Waals surface area contributed by atoms with E-state index in [1.165, 1.54) is 10.8 Å². The minimum atomic E-state index is -4.48. The summed E-state index contributed by atoms with van der Waals surface area (Å²) in [6, 6.07) is 3.26. The molecule has 0 saturated heterocycles. The van der Waals surface area contributed by atoms with Gasteiger partial charge in [0.05, 0.1) is 28.7 Å². The Bertz CT molecular complexity index is 851. The van der Waals surface area contributed by atoms with E-state index in [2.05, 4.69) is 9.97 Å². The molecular weight excluding hydrogens is 330 g/mol. The first-order valence-electron chi connectivity index (χ1n) is 5.76. The van der Waals surface area contributed by atoms with Gasteiger partial charge in [0.15, 0.2) is 0 Å². The number of halogens is 4. The van der Waals surface area contributed by atoms with Crippen LogP contribution in [0, 0.1) is 0 Å². The van der Waals surface area contributed by atoms with Crippen molar-refractivity contribution in [2.75, 3.05) is 6.54 Å². The zero-order valence-electron chi connectivity index (χ0n) is 10.7. The lowest BCUT2D eigenvalue weighted by atomic mass is 10.3. The largest absolute Gasteiger partial charge is 0.320 e. The summed E-state index contributed by atoms with van der Waals surface area (Å²) in [5.41, 5.74) is -0.162. The van der Waals surface area contributed by atoms with Crippen molar-refractivity contribution in [3.05, 3.63) is 34.7 Å². The molecule has 120 valence electrons. The number of hydrogen-bond acceptors (Lipinski definition) is 4. The Hall–Kier alpha value is -2.01. The SMILES string of the molecule is O=c1cnc2cc(S(=O)(=O)NCC(F)(F)C(F)F)ccc2[nH]1. The lowest BCUT2D eigenvalue weighted by molar-refractivity contribution is -0.122. The van der Waals surface area contributed by atoms with Crippen molar-refractivity contribution in [2.45, 2.75) is 17.2 Å². The monoisotopic (exact) mass is 339 g/mol. The van der Waals surface area contributed by atoms with Crippen LogP contribution in [0.4, 0.5) is 17.6 Å². The molecule has 6 nitrogen and oxygen atoms in total. The van der Waals surface area contributed by atoms with E-state index in [1.807, 2.05) is 0 Å². The number of rotatable bonds is 5. The number of nitrogens with zero attached hydrogens (tertiary/aromatic N) is 1.